The number of anilines is 2. The molecule has 0 spiro atoms. The van der Waals surface area contributed by atoms with E-state index in [-0.39, 0.29) is 17.5 Å². The van der Waals surface area contributed by atoms with Crippen LogP contribution >= 0.6 is 0 Å². The van der Waals surface area contributed by atoms with Crippen molar-refractivity contribution in [3.8, 4) is 5.75 Å². The smallest absolute Gasteiger partial charge is 0.227 e. The number of hydrogen-bond acceptors (Lipinski definition) is 7. The number of rotatable bonds is 7. The predicted octanol–water partition coefficient (Wildman–Crippen LogP) is 1.76. The van der Waals surface area contributed by atoms with Crippen LogP contribution in [0.2, 0.25) is 0 Å². The van der Waals surface area contributed by atoms with Crippen molar-refractivity contribution in [3.05, 3.63) is 42.1 Å². The maximum Gasteiger partial charge on any atom is 0.227 e. The van der Waals surface area contributed by atoms with E-state index in [0.29, 0.717) is 18.9 Å². The van der Waals surface area contributed by atoms with Gasteiger partial charge in [-0.25, -0.2) is 13.4 Å². The van der Waals surface area contributed by atoms with Gasteiger partial charge < -0.3 is 15.0 Å². The van der Waals surface area contributed by atoms with Gasteiger partial charge in [0, 0.05) is 25.8 Å². The van der Waals surface area contributed by atoms with Crippen LogP contribution in [0.25, 0.3) is 0 Å². The second-order valence-electron chi connectivity index (χ2n) is 6.40. The largest absolute Gasteiger partial charge is 0.496 e. The molecule has 8 heteroatoms. The molecule has 1 aromatic heterocycles. The van der Waals surface area contributed by atoms with Crippen LogP contribution in [0.4, 0.5) is 11.8 Å². The van der Waals surface area contributed by atoms with Gasteiger partial charge in [0.05, 0.1) is 18.6 Å². The highest BCUT2D eigenvalue weighted by molar-refractivity contribution is 7.91. The van der Waals surface area contributed by atoms with Crippen LogP contribution in [-0.2, 0) is 16.3 Å². The number of nitrogens with zero attached hydrogens (tertiary/aromatic N) is 3. The fourth-order valence-electron chi connectivity index (χ4n) is 3.10. The summed E-state index contributed by atoms with van der Waals surface area (Å²) in [4.78, 5) is 10.7. The highest BCUT2D eigenvalue weighted by atomic mass is 32.2. The zero-order valence-corrected chi connectivity index (χ0v) is 15.9. The van der Waals surface area contributed by atoms with E-state index >= 15 is 0 Å². The normalized spacial score (nSPS) is 18.5. The average molecular weight is 376 g/mol. The van der Waals surface area contributed by atoms with Crippen molar-refractivity contribution in [1.82, 2.24) is 9.97 Å². The Labute approximate surface area is 154 Å². The molecule has 0 radical (unpaired) electrons. The van der Waals surface area contributed by atoms with Crippen molar-refractivity contribution in [2.24, 2.45) is 0 Å². The topological polar surface area (TPSA) is 84.4 Å². The van der Waals surface area contributed by atoms with Gasteiger partial charge in [-0.1, -0.05) is 18.2 Å². The lowest BCUT2D eigenvalue weighted by Crippen LogP contribution is -2.34. The van der Waals surface area contributed by atoms with Crippen LogP contribution in [0.1, 0.15) is 12.0 Å². The van der Waals surface area contributed by atoms with Crippen molar-refractivity contribution in [3.63, 3.8) is 0 Å². The molecule has 140 valence electrons. The SMILES string of the molecule is COc1ccccc1CCNc1ccnc(N(C)C2CCS(=O)(=O)C2)n1. The third-order valence-corrected chi connectivity index (χ3v) is 6.36. The van der Waals surface area contributed by atoms with Gasteiger partial charge in [-0.2, -0.15) is 4.98 Å². The summed E-state index contributed by atoms with van der Waals surface area (Å²) in [5, 5.41) is 3.29. The van der Waals surface area contributed by atoms with E-state index in [1.165, 1.54) is 0 Å². The highest BCUT2D eigenvalue weighted by Crippen LogP contribution is 2.21. The lowest BCUT2D eigenvalue weighted by molar-refractivity contribution is 0.410. The standard InChI is InChI=1S/C18H24N4O3S/c1-22(15-9-12-26(23,24)13-15)18-20-11-8-17(21-18)19-10-7-14-5-3-4-6-16(14)25-2/h3-6,8,11,15H,7,9-10,12-13H2,1-2H3,(H,19,20,21). The second-order valence-corrected chi connectivity index (χ2v) is 8.63. The van der Waals surface area contributed by atoms with Gasteiger partial charge in [0.25, 0.3) is 0 Å². The minimum Gasteiger partial charge on any atom is -0.496 e. The molecule has 2 aromatic rings. The maximum absolute atomic E-state index is 11.7. The molecule has 1 fully saturated rings. The van der Waals surface area contributed by atoms with Crippen molar-refractivity contribution < 1.29 is 13.2 Å². The summed E-state index contributed by atoms with van der Waals surface area (Å²) < 4.78 is 28.7. The fraction of sp³-hybridized carbons (Fsp3) is 0.444. The molecular weight excluding hydrogens is 352 g/mol. The lowest BCUT2D eigenvalue weighted by atomic mass is 10.1. The third kappa shape index (κ3) is 4.43. The molecule has 1 unspecified atom stereocenters. The number of ether oxygens (including phenoxy) is 1. The number of sulfone groups is 1. The van der Waals surface area contributed by atoms with E-state index in [1.54, 1.807) is 13.3 Å². The zero-order valence-electron chi connectivity index (χ0n) is 15.1. The molecule has 1 atom stereocenters. The molecule has 0 saturated carbocycles. The van der Waals surface area contributed by atoms with Crippen LogP contribution in [0.3, 0.4) is 0 Å². The van der Waals surface area contributed by atoms with E-state index in [1.807, 2.05) is 42.3 Å². The van der Waals surface area contributed by atoms with Crippen molar-refractivity contribution in [1.29, 1.82) is 0 Å². The average Bonchev–Trinajstić information content (AvgIpc) is 3.01. The fourth-order valence-corrected chi connectivity index (χ4v) is 4.87. The van der Waals surface area contributed by atoms with Crippen LogP contribution in [0.15, 0.2) is 36.5 Å². The molecule has 1 N–H and O–H groups in total. The van der Waals surface area contributed by atoms with Gasteiger partial charge in [0.15, 0.2) is 9.84 Å². The van der Waals surface area contributed by atoms with Crippen molar-refractivity contribution in [2.75, 3.05) is 42.4 Å². The molecule has 26 heavy (non-hydrogen) atoms. The van der Waals surface area contributed by atoms with E-state index < -0.39 is 9.84 Å². The molecule has 1 aliphatic rings. The number of nitrogens with one attached hydrogen (secondary N) is 1. The highest BCUT2D eigenvalue weighted by Gasteiger charge is 2.31. The first-order valence-electron chi connectivity index (χ1n) is 8.60. The Kier molecular flexibility index (Phi) is 5.61. The number of benzene rings is 1. The molecular formula is C18H24N4O3S. The Morgan fingerprint density at radius 3 is 2.85 bits per heavy atom. The maximum atomic E-state index is 11.7. The summed E-state index contributed by atoms with van der Waals surface area (Å²) in [6, 6.07) is 9.67. The van der Waals surface area contributed by atoms with E-state index in [4.69, 9.17) is 4.74 Å². The van der Waals surface area contributed by atoms with Crippen LogP contribution in [0, 0.1) is 0 Å². The second kappa shape index (κ2) is 7.90. The van der Waals surface area contributed by atoms with Crippen molar-refractivity contribution in [2.45, 2.75) is 18.9 Å². The number of aromatic nitrogens is 2. The van der Waals surface area contributed by atoms with E-state index in [2.05, 4.69) is 15.3 Å². The van der Waals surface area contributed by atoms with Crippen LogP contribution in [0.5, 0.6) is 5.75 Å². The molecule has 7 nitrogen and oxygen atoms in total. The minimum absolute atomic E-state index is 0.0659. The quantitative estimate of drug-likeness (QED) is 0.788. The van der Waals surface area contributed by atoms with Crippen LogP contribution < -0.4 is 15.0 Å². The summed E-state index contributed by atoms with van der Waals surface area (Å²) in [5.74, 6) is 2.53. The first kappa shape index (κ1) is 18.4. The number of para-hydroxylation sites is 1. The van der Waals surface area contributed by atoms with Gasteiger partial charge >= 0.3 is 0 Å². The van der Waals surface area contributed by atoms with Gasteiger partial charge in [0.2, 0.25) is 5.95 Å². The number of hydrogen-bond donors (Lipinski definition) is 1. The summed E-state index contributed by atoms with van der Waals surface area (Å²) in [7, 11) is 0.581. The minimum atomic E-state index is -2.93. The van der Waals surface area contributed by atoms with Gasteiger partial charge in [-0.3, -0.25) is 0 Å². The van der Waals surface area contributed by atoms with Crippen LogP contribution in [-0.4, -0.2) is 56.6 Å². The van der Waals surface area contributed by atoms with E-state index in [0.717, 1.165) is 23.6 Å². The monoisotopic (exact) mass is 376 g/mol. The lowest BCUT2D eigenvalue weighted by Gasteiger charge is -2.23. The Morgan fingerprint density at radius 1 is 1.31 bits per heavy atom. The molecule has 1 aliphatic heterocycles. The summed E-state index contributed by atoms with van der Waals surface area (Å²) in [5.41, 5.74) is 1.13. The molecule has 2 heterocycles. The Morgan fingerprint density at radius 2 is 2.12 bits per heavy atom. The van der Waals surface area contributed by atoms with Gasteiger partial charge in [-0.05, 0) is 30.5 Å². The first-order valence-corrected chi connectivity index (χ1v) is 10.4. The molecule has 1 aromatic carbocycles. The van der Waals surface area contributed by atoms with Gasteiger partial charge in [-0.15, -0.1) is 0 Å². The summed E-state index contributed by atoms with van der Waals surface area (Å²) >= 11 is 0. The molecule has 3 rings (SSSR count). The Balaban J connectivity index is 1.61. The molecule has 0 aliphatic carbocycles. The van der Waals surface area contributed by atoms with Crippen molar-refractivity contribution >= 4 is 21.6 Å². The summed E-state index contributed by atoms with van der Waals surface area (Å²) in [6.45, 7) is 0.707. The van der Waals surface area contributed by atoms with E-state index in [9.17, 15) is 8.42 Å². The van der Waals surface area contributed by atoms with Gasteiger partial charge in [0.1, 0.15) is 11.6 Å². The first-order chi connectivity index (χ1) is 12.5. The predicted molar refractivity (Wildman–Crippen MR) is 103 cm³/mol. The molecule has 0 bridgehead atoms. The zero-order chi connectivity index (χ0) is 18.6. The summed E-state index contributed by atoms with van der Waals surface area (Å²) in [6.07, 6.45) is 3.11. The number of methoxy groups -OCH3 is 1. The third-order valence-electron chi connectivity index (χ3n) is 4.61. The molecule has 0 amide bonds. The Hall–Kier alpha value is -2.35. The Bertz CT molecular complexity index is 857. The molecule has 1 saturated heterocycles.